The Morgan fingerprint density at radius 1 is 1.19 bits per heavy atom. The maximum Gasteiger partial charge on any atom is 0.307 e. The van der Waals surface area contributed by atoms with Gasteiger partial charge in [0.25, 0.3) is 0 Å². The molecule has 94 valence electrons. The van der Waals surface area contributed by atoms with Crippen LogP contribution in [0.25, 0.3) is 0 Å². The molecule has 0 saturated carbocycles. The topological polar surface area (TPSA) is 55.4 Å². The smallest absolute Gasteiger partial charge is 0.307 e. The van der Waals surface area contributed by atoms with Gasteiger partial charge in [-0.3, -0.25) is 9.59 Å². The van der Waals surface area contributed by atoms with Gasteiger partial charge in [0.15, 0.2) is 0 Å². The number of hydrogen-bond acceptors (Lipinski definition) is 3. The Morgan fingerprint density at radius 3 is 2.38 bits per heavy atom. The molecule has 0 rings (SSSR count). The number of ether oxygens (including phenoxy) is 1. The van der Waals surface area contributed by atoms with Crippen molar-refractivity contribution in [3.05, 3.63) is 0 Å². The van der Waals surface area contributed by atoms with Crippen LogP contribution in [-0.4, -0.2) is 24.5 Å². The van der Waals surface area contributed by atoms with Crippen LogP contribution in [0.4, 0.5) is 0 Å². The summed E-state index contributed by atoms with van der Waals surface area (Å²) in [5.41, 5.74) is 0. The number of rotatable bonds is 8. The van der Waals surface area contributed by atoms with Crippen molar-refractivity contribution in [1.29, 1.82) is 0 Å². The zero-order valence-corrected chi connectivity index (χ0v) is 10.5. The van der Waals surface area contributed by atoms with Crippen molar-refractivity contribution in [2.75, 3.05) is 6.61 Å². The number of nitrogens with one attached hydrogen (secondary N) is 1. The van der Waals surface area contributed by atoms with Crippen LogP contribution in [-0.2, 0) is 14.3 Å². The van der Waals surface area contributed by atoms with E-state index in [0.29, 0.717) is 13.0 Å². The van der Waals surface area contributed by atoms with E-state index in [4.69, 9.17) is 4.74 Å². The summed E-state index contributed by atoms with van der Waals surface area (Å²) in [7, 11) is 0. The number of esters is 1. The Bertz CT molecular complexity index is 196. The van der Waals surface area contributed by atoms with Gasteiger partial charge in [-0.2, -0.15) is 0 Å². The normalized spacial score (nSPS) is 11.9. The molecule has 0 fully saturated rings. The summed E-state index contributed by atoms with van der Waals surface area (Å²) >= 11 is 0. The molecule has 0 heterocycles. The van der Waals surface area contributed by atoms with Gasteiger partial charge < -0.3 is 10.1 Å². The number of amides is 1. The molecule has 0 aromatic carbocycles. The number of carbonyl (C=O) groups is 2. The second-order valence-corrected chi connectivity index (χ2v) is 3.81. The van der Waals surface area contributed by atoms with Gasteiger partial charge in [-0.05, 0) is 19.8 Å². The quantitative estimate of drug-likeness (QED) is 0.648. The summed E-state index contributed by atoms with van der Waals surface area (Å²) < 4.78 is 4.87. The van der Waals surface area contributed by atoms with E-state index in [9.17, 15) is 9.59 Å². The summed E-state index contributed by atoms with van der Waals surface area (Å²) in [5, 5.41) is 2.87. The van der Waals surface area contributed by atoms with E-state index >= 15 is 0 Å². The molecule has 0 aromatic heterocycles. The van der Waals surface area contributed by atoms with E-state index in [1.165, 1.54) is 0 Å². The van der Waals surface area contributed by atoms with Gasteiger partial charge in [-0.1, -0.05) is 20.3 Å². The molecule has 4 heteroatoms. The fourth-order valence-corrected chi connectivity index (χ4v) is 1.52. The fourth-order valence-electron chi connectivity index (χ4n) is 1.52. The Balaban J connectivity index is 4.05. The van der Waals surface area contributed by atoms with Gasteiger partial charge >= 0.3 is 5.97 Å². The molecule has 1 amide bonds. The molecule has 1 N–H and O–H groups in total. The molecule has 0 bridgehead atoms. The molecule has 0 spiro atoms. The van der Waals surface area contributed by atoms with E-state index in [1.54, 1.807) is 6.92 Å². The van der Waals surface area contributed by atoms with Gasteiger partial charge in [0.05, 0.1) is 13.0 Å². The lowest BCUT2D eigenvalue weighted by molar-refractivity contribution is -0.143. The minimum Gasteiger partial charge on any atom is -0.466 e. The summed E-state index contributed by atoms with van der Waals surface area (Å²) in [4.78, 5) is 22.7. The van der Waals surface area contributed by atoms with Gasteiger partial charge in [0, 0.05) is 12.5 Å². The predicted octanol–water partition coefficient (Wildman–Crippen LogP) is 2.02. The van der Waals surface area contributed by atoms with Gasteiger partial charge in [0.1, 0.15) is 0 Å². The second kappa shape index (κ2) is 9.19. The molecule has 0 saturated heterocycles. The summed E-state index contributed by atoms with van der Waals surface area (Å²) in [6.07, 6.45) is 3.37. The first-order chi connectivity index (χ1) is 7.63. The van der Waals surface area contributed by atoms with E-state index < -0.39 is 0 Å². The molecule has 0 aromatic rings. The van der Waals surface area contributed by atoms with Crippen LogP contribution in [0.3, 0.4) is 0 Å². The Labute approximate surface area is 97.7 Å². The van der Waals surface area contributed by atoms with Crippen molar-refractivity contribution in [2.24, 2.45) is 0 Å². The lowest BCUT2D eigenvalue weighted by Gasteiger charge is -2.17. The summed E-state index contributed by atoms with van der Waals surface area (Å²) in [6.45, 7) is 6.16. The Kier molecular flexibility index (Phi) is 8.58. The van der Waals surface area contributed by atoms with Crippen molar-refractivity contribution in [1.82, 2.24) is 5.32 Å². The van der Waals surface area contributed by atoms with E-state index in [-0.39, 0.29) is 24.3 Å². The third kappa shape index (κ3) is 7.26. The van der Waals surface area contributed by atoms with Crippen molar-refractivity contribution in [2.45, 2.75) is 58.9 Å². The summed E-state index contributed by atoms with van der Waals surface area (Å²) in [5.74, 6) is -0.219. The molecular weight excluding hydrogens is 206 g/mol. The van der Waals surface area contributed by atoms with Gasteiger partial charge in [0.2, 0.25) is 5.91 Å². The van der Waals surface area contributed by atoms with Crippen LogP contribution < -0.4 is 5.32 Å². The maximum atomic E-state index is 11.4. The highest BCUT2D eigenvalue weighted by Gasteiger charge is 2.15. The number of hydrogen-bond donors (Lipinski definition) is 1. The third-order valence-electron chi connectivity index (χ3n) is 2.20. The predicted molar refractivity (Wildman–Crippen MR) is 63.0 cm³/mol. The largest absolute Gasteiger partial charge is 0.466 e. The molecule has 0 aliphatic carbocycles. The first-order valence-corrected chi connectivity index (χ1v) is 6.08. The highest BCUT2D eigenvalue weighted by atomic mass is 16.5. The lowest BCUT2D eigenvalue weighted by Crippen LogP contribution is -2.36. The molecular formula is C12H23NO3. The van der Waals surface area contributed by atoms with Crippen molar-refractivity contribution in [3.8, 4) is 0 Å². The minimum atomic E-state index is -0.238. The fraction of sp³-hybridized carbons (Fsp3) is 0.833. The molecule has 16 heavy (non-hydrogen) atoms. The van der Waals surface area contributed by atoms with E-state index in [2.05, 4.69) is 5.32 Å². The highest BCUT2D eigenvalue weighted by Crippen LogP contribution is 2.04. The minimum absolute atomic E-state index is 0.0187. The highest BCUT2D eigenvalue weighted by molar-refractivity contribution is 5.77. The van der Waals surface area contributed by atoms with Crippen LogP contribution in [0.15, 0.2) is 0 Å². The zero-order chi connectivity index (χ0) is 12.4. The first-order valence-electron chi connectivity index (χ1n) is 6.08. The molecule has 0 unspecified atom stereocenters. The third-order valence-corrected chi connectivity index (χ3v) is 2.20. The summed E-state index contributed by atoms with van der Waals surface area (Å²) in [6, 6.07) is -0.0805. The van der Waals surface area contributed by atoms with Crippen LogP contribution in [0.5, 0.6) is 0 Å². The second-order valence-electron chi connectivity index (χ2n) is 3.81. The zero-order valence-electron chi connectivity index (χ0n) is 10.5. The molecule has 0 radical (unpaired) electrons. The Morgan fingerprint density at radius 2 is 1.88 bits per heavy atom. The molecule has 1 atom stereocenters. The average molecular weight is 229 g/mol. The maximum absolute atomic E-state index is 11.4. The van der Waals surface area contributed by atoms with Crippen molar-refractivity contribution >= 4 is 11.9 Å². The molecule has 4 nitrogen and oxygen atoms in total. The standard InChI is InChI=1S/C12H23NO3/c1-4-7-10(9-12(15)16-6-3)13-11(14)8-5-2/h10H,4-9H2,1-3H3,(H,13,14)/t10-/m0/s1. The van der Waals surface area contributed by atoms with Gasteiger partial charge in [-0.15, -0.1) is 0 Å². The first kappa shape index (κ1) is 14.9. The van der Waals surface area contributed by atoms with E-state index in [1.807, 2.05) is 13.8 Å². The monoisotopic (exact) mass is 229 g/mol. The van der Waals surface area contributed by atoms with Crippen LogP contribution >= 0.6 is 0 Å². The van der Waals surface area contributed by atoms with Crippen LogP contribution in [0, 0.1) is 0 Å². The van der Waals surface area contributed by atoms with Gasteiger partial charge in [-0.25, -0.2) is 0 Å². The Hall–Kier alpha value is -1.06. The van der Waals surface area contributed by atoms with Crippen molar-refractivity contribution < 1.29 is 14.3 Å². The average Bonchev–Trinajstić information content (AvgIpc) is 2.18. The van der Waals surface area contributed by atoms with Crippen LogP contribution in [0.1, 0.15) is 52.9 Å². The van der Waals surface area contributed by atoms with Crippen LogP contribution in [0.2, 0.25) is 0 Å². The molecule has 0 aliphatic rings. The van der Waals surface area contributed by atoms with Crippen molar-refractivity contribution in [3.63, 3.8) is 0 Å². The lowest BCUT2D eigenvalue weighted by atomic mass is 10.1. The SMILES string of the molecule is CCCC(=O)N[C@@H](CCC)CC(=O)OCC. The molecule has 0 aliphatic heterocycles. The van der Waals surface area contributed by atoms with E-state index in [0.717, 1.165) is 19.3 Å². The number of carbonyl (C=O) groups excluding carboxylic acids is 2.